The molecular weight excluding hydrogens is 164 g/mol. The molecule has 0 aliphatic carbocycles. The monoisotopic (exact) mass is 182 g/mol. The molecule has 0 rings (SSSR count). The summed E-state index contributed by atoms with van der Waals surface area (Å²) in [7, 11) is 0. The molecule has 0 aromatic carbocycles. The second kappa shape index (κ2) is 9.04. The van der Waals surface area contributed by atoms with Crippen LogP contribution in [0, 0.1) is 0 Å². The van der Waals surface area contributed by atoms with Gasteiger partial charge in [-0.1, -0.05) is 37.6 Å². The number of unbranched alkanes of at least 4 members (excludes halogenated alkanes) is 4. The Kier molecular flexibility index (Phi) is 8.31. The van der Waals surface area contributed by atoms with E-state index in [1.54, 1.807) is 6.08 Å². The van der Waals surface area contributed by atoms with Gasteiger partial charge in [-0.2, -0.15) is 0 Å². The van der Waals surface area contributed by atoms with Gasteiger partial charge in [-0.3, -0.25) is 4.79 Å². The van der Waals surface area contributed by atoms with Crippen LogP contribution in [0.4, 0.5) is 0 Å². The van der Waals surface area contributed by atoms with Crippen LogP contribution < -0.4 is 0 Å². The number of carboxylic acids is 1. The summed E-state index contributed by atoms with van der Waals surface area (Å²) in [6.45, 7) is 3.58. The third kappa shape index (κ3) is 10.9. The van der Waals surface area contributed by atoms with E-state index < -0.39 is 5.97 Å². The van der Waals surface area contributed by atoms with Crippen molar-refractivity contribution in [2.24, 2.45) is 0 Å². The molecule has 0 amide bonds. The van der Waals surface area contributed by atoms with Crippen molar-refractivity contribution in [3.05, 3.63) is 24.8 Å². The van der Waals surface area contributed by atoms with Crippen molar-refractivity contribution >= 4 is 5.97 Å². The maximum Gasteiger partial charge on any atom is 0.303 e. The Balaban J connectivity index is 3.03. The normalized spacial score (nSPS) is 10.5. The smallest absolute Gasteiger partial charge is 0.303 e. The van der Waals surface area contributed by atoms with Crippen molar-refractivity contribution in [3.63, 3.8) is 0 Å². The van der Waals surface area contributed by atoms with Gasteiger partial charge >= 0.3 is 5.97 Å². The predicted octanol–water partition coefficient (Wildman–Crippen LogP) is 3.15. The number of allylic oxidation sites excluding steroid dienone is 3. The van der Waals surface area contributed by atoms with Crippen molar-refractivity contribution < 1.29 is 9.90 Å². The Labute approximate surface area is 80.0 Å². The van der Waals surface area contributed by atoms with Gasteiger partial charge in [0.25, 0.3) is 0 Å². The number of carboxylic acid groups (broad SMARTS) is 1. The van der Waals surface area contributed by atoms with Gasteiger partial charge in [-0.25, -0.2) is 0 Å². The SMILES string of the molecule is C=C/C=C\CCCCCCC(=O)O. The molecule has 0 heterocycles. The van der Waals surface area contributed by atoms with E-state index in [-0.39, 0.29) is 0 Å². The van der Waals surface area contributed by atoms with Crippen LogP contribution in [0.2, 0.25) is 0 Å². The molecule has 0 unspecified atom stereocenters. The molecule has 0 radical (unpaired) electrons. The number of hydrogen-bond acceptors (Lipinski definition) is 1. The fourth-order valence-electron chi connectivity index (χ4n) is 1.08. The Bertz CT molecular complexity index is 171. The molecule has 0 fully saturated rings. The van der Waals surface area contributed by atoms with E-state index in [1.165, 1.54) is 0 Å². The molecule has 13 heavy (non-hydrogen) atoms. The number of hydrogen-bond donors (Lipinski definition) is 1. The van der Waals surface area contributed by atoms with Crippen molar-refractivity contribution in [2.75, 3.05) is 0 Å². The molecule has 2 nitrogen and oxygen atoms in total. The minimum Gasteiger partial charge on any atom is -0.481 e. The fourth-order valence-corrected chi connectivity index (χ4v) is 1.08. The summed E-state index contributed by atoms with van der Waals surface area (Å²) < 4.78 is 0. The standard InChI is InChI=1S/C11H18O2/c1-2-3-4-5-6-7-8-9-10-11(12)13/h2-4H,1,5-10H2,(H,12,13)/b4-3-. The Morgan fingerprint density at radius 2 is 1.92 bits per heavy atom. The minimum absolute atomic E-state index is 0.308. The summed E-state index contributed by atoms with van der Waals surface area (Å²) in [5.74, 6) is -0.688. The van der Waals surface area contributed by atoms with E-state index in [0.29, 0.717) is 6.42 Å². The zero-order valence-corrected chi connectivity index (χ0v) is 8.04. The topological polar surface area (TPSA) is 37.3 Å². The van der Waals surface area contributed by atoms with E-state index in [0.717, 1.165) is 32.1 Å². The fraction of sp³-hybridized carbons (Fsp3) is 0.545. The molecule has 0 atom stereocenters. The van der Waals surface area contributed by atoms with E-state index in [2.05, 4.69) is 12.7 Å². The average molecular weight is 182 g/mol. The maximum absolute atomic E-state index is 10.2. The van der Waals surface area contributed by atoms with Crippen LogP contribution in [0.3, 0.4) is 0 Å². The molecule has 0 bridgehead atoms. The second-order valence-corrected chi connectivity index (χ2v) is 3.01. The van der Waals surface area contributed by atoms with Gasteiger partial charge in [0.2, 0.25) is 0 Å². The highest BCUT2D eigenvalue weighted by atomic mass is 16.4. The first-order valence-corrected chi connectivity index (χ1v) is 4.76. The zero-order chi connectivity index (χ0) is 9.94. The highest BCUT2D eigenvalue weighted by molar-refractivity contribution is 5.66. The molecule has 0 saturated carbocycles. The molecule has 0 spiro atoms. The van der Waals surface area contributed by atoms with Gasteiger partial charge in [-0.05, 0) is 19.3 Å². The molecule has 74 valence electrons. The summed E-state index contributed by atoms with van der Waals surface area (Å²) >= 11 is 0. The largest absolute Gasteiger partial charge is 0.481 e. The van der Waals surface area contributed by atoms with Crippen LogP contribution in [-0.2, 0) is 4.79 Å². The van der Waals surface area contributed by atoms with Gasteiger partial charge in [-0.15, -0.1) is 0 Å². The van der Waals surface area contributed by atoms with Crippen LogP contribution in [0.1, 0.15) is 38.5 Å². The lowest BCUT2D eigenvalue weighted by atomic mass is 10.1. The van der Waals surface area contributed by atoms with Crippen LogP contribution in [0.15, 0.2) is 24.8 Å². The first kappa shape index (κ1) is 11.9. The maximum atomic E-state index is 10.2. The molecule has 2 heteroatoms. The summed E-state index contributed by atoms with van der Waals surface area (Å²) in [5.41, 5.74) is 0. The number of rotatable bonds is 8. The van der Waals surface area contributed by atoms with E-state index in [9.17, 15) is 4.79 Å². The van der Waals surface area contributed by atoms with Crippen LogP contribution in [0.5, 0.6) is 0 Å². The first-order valence-electron chi connectivity index (χ1n) is 4.76. The Morgan fingerprint density at radius 1 is 1.23 bits per heavy atom. The van der Waals surface area contributed by atoms with Crippen LogP contribution in [0.25, 0.3) is 0 Å². The Hall–Kier alpha value is -1.05. The first-order chi connectivity index (χ1) is 6.27. The molecular formula is C11H18O2. The lowest BCUT2D eigenvalue weighted by molar-refractivity contribution is -0.137. The molecule has 0 aliphatic rings. The molecule has 0 aliphatic heterocycles. The second-order valence-electron chi connectivity index (χ2n) is 3.01. The quantitative estimate of drug-likeness (QED) is 0.462. The summed E-state index contributed by atoms with van der Waals surface area (Å²) in [6, 6.07) is 0. The summed E-state index contributed by atoms with van der Waals surface area (Å²) in [6.07, 6.45) is 11.3. The average Bonchev–Trinajstić information content (AvgIpc) is 2.09. The van der Waals surface area contributed by atoms with Gasteiger partial charge in [0.1, 0.15) is 0 Å². The summed E-state index contributed by atoms with van der Waals surface area (Å²) in [5, 5.41) is 8.36. The van der Waals surface area contributed by atoms with Crippen molar-refractivity contribution in [1.29, 1.82) is 0 Å². The third-order valence-electron chi connectivity index (χ3n) is 1.78. The van der Waals surface area contributed by atoms with E-state index >= 15 is 0 Å². The zero-order valence-electron chi connectivity index (χ0n) is 8.04. The van der Waals surface area contributed by atoms with Gasteiger partial charge in [0.15, 0.2) is 0 Å². The third-order valence-corrected chi connectivity index (χ3v) is 1.78. The van der Waals surface area contributed by atoms with Crippen LogP contribution >= 0.6 is 0 Å². The number of carbonyl (C=O) groups is 1. The minimum atomic E-state index is -0.688. The van der Waals surface area contributed by atoms with E-state index in [1.807, 2.05) is 6.08 Å². The van der Waals surface area contributed by atoms with Crippen LogP contribution in [-0.4, -0.2) is 11.1 Å². The van der Waals surface area contributed by atoms with Crippen molar-refractivity contribution in [1.82, 2.24) is 0 Å². The van der Waals surface area contributed by atoms with E-state index in [4.69, 9.17) is 5.11 Å². The predicted molar refractivity (Wildman–Crippen MR) is 54.7 cm³/mol. The van der Waals surface area contributed by atoms with Gasteiger partial charge in [0, 0.05) is 6.42 Å². The molecule has 0 aromatic rings. The highest BCUT2D eigenvalue weighted by Crippen LogP contribution is 2.05. The summed E-state index contributed by atoms with van der Waals surface area (Å²) in [4.78, 5) is 10.2. The van der Waals surface area contributed by atoms with Gasteiger partial charge in [0.05, 0.1) is 0 Å². The lowest BCUT2D eigenvalue weighted by Crippen LogP contribution is -1.93. The van der Waals surface area contributed by atoms with Crippen molar-refractivity contribution in [3.8, 4) is 0 Å². The molecule has 0 aromatic heterocycles. The molecule has 0 saturated heterocycles. The highest BCUT2D eigenvalue weighted by Gasteiger charge is 1.95. The van der Waals surface area contributed by atoms with Crippen molar-refractivity contribution in [2.45, 2.75) is 38.5 Å². The van der Waals surface area contributed by atoms with Gasteiger partial charge < -0.3 is 5.11 Å². The molecule has 1 N–H and O–H groups in total. The number of aliphatic carboxylic acids is 1. The Morgan fingerprint density at radius 3 is 2.54 bits per heavy atom. The lowest BCUT2D eigenvalue weighted by Gasteiger charge is -1.96.